The number of carbonyl (C=O) groups is 1. The molecule has 20 heavy (non-hydrogen) atoms. The minimum absolute atomic E-state index is 0.0318. The molecule has 1 aromatic heterocycles. The van der Waals surface area contributed by atoms with Gasteiger partial charge in [-0.1, -0.05) is 11.6 Å². The summed E-state index contributed by atoms with van der Waals surface area (Å²) in [6.45, 7) is 0. The Hall–Kier alpha value is -2.22. The standard InChI is InChI=1S/C11H8ClF3N4O/c12-7-4-5(16)3-6(10(17)20)9(7)19-2-1-8(18-19)11(13,14)15/h1-4H,16H2,(H2,17,20). The van der Waals surface area contributed by atoms with Crippen molar-refractivity contribution in [2.45, 2.75) is 6.18 Å². The third-order valence-corrected chi connectivity index (χ3v) is 2.75. The second kappa shape index (κ2) is 4.71. The number of alkyl halides is 3. The van der Waals surface area contributed by atoms with E-state index in [1.807, 2.05) is 0 Å². The highest BCUT2D eigenvalue weighted by molar-refractivity contribution is 6.33. The Balaban J connectivity index is 2.63. The fourth-order valence-electron chi connectivity index (χ4n) is 1.64. The molecule has 0 unspecified atom stereocenters. The summed E-state index contributed by atoms with van der Waals surface area (Å²) >= 11 is 5.91. The van der Waals surface area contributed by atoms with E-state index in [9.17, 15) is 18.0 Å². The van der Waals surface area contributed by atoms with E-state index in [0.717, 1.165) is 16.9 Å². The van der Waals surface area contributed by atoms with Crippen molar-refractivity contribution in [2.24, 2.45) is 5.73 Å². The van der Waals surface area contributed by atoms with Crippen LogP contribution < -0.4 is 11.5 Å². The van der Waals surface area contributed by atoms with Gasteiger partial charge in [-0.2, -0.15) is 18.3 Å². The third-order valence-electron chi connectivity index (χ3n) is 2.46. The summed E-state index contributed by atoms with van der Waals surface area (Å²) in [4.78, 5) is 11.3. The Morgan fingerprint density at radius 3 is 2.50 bits per heavy atom. The summed E-state index contributed by atoms with van der Waals surface area (Å²) in [5.41, 5.74) is 9.56. The Labute approximate surface area is 115 Å². The summed E-state index contributed by atoms with van der Waals surface area (Å²) in [6, 6.07) is 3.27. The van der Waals surface area contributed by atoms with Crippen LogP contribution in [0.4, 0.5) is 18.9 Å². The van der Waals surface area contributed by atoms with Gasteiger partial charge in [0.25, 0.3) is 5.91 Å². The Kier molecular flexibility index (Phi) is 3.34. The molecule has 2 rings (SSSR count). The van der Waals surface area contributed by atoms with E-state index in [2.05, 4.69) is 5.10 Å². The van der Waals surface area contributed by atoms with Gasteiger partial charge in [0.2, 0.25) is 0 Å². The molecule has 0 spiro atoms. The number of nitrogens with zero attached hydrogens (tertiary/aromatic N) is 2. The zero-order valence-electron chi connectivity index (χ0n) is 9.78. The lowest BCUT2D eigenvalue weighted by Crippen LogP contribution is -2.16. The van der Waals surface area contributed by atoms with Crippen molar-refractivity contribution in [1.29, 1.82) is 0 Å². The fourth-order valence-corrected chi connectivity index (χ4v) is 1.95. The molecule has 5 nitrogen and oxygen atoms in total. The summed E-state index contributed by atoms with van der Waals surface area (Å²) in [5.74, 6) is -0.877. The minimum atomic E-state index is -4.60. The molecule has 9 heteroatoms. The molecule has 106 valence electrons. The van der Waals surface area contributed by atoms with Crippen LogP contribution in [0.2, 0.25) is 5.02 Å². The number of hydrogen-bond acceptors (Lipinski definition) is 3. The predicted octanol–water partition coefficient (Wildman–Crippen LogP) is 2.23. The molecule has 0 bridgehead atoms. The Bertz CT molecular complexity index is 681. The topological polar surface area (TPSA) is 86.9 Å². The molecule has 2 aromatic rings. The lowest BCUT2D eigenvalue weighted by molar-refractivity contribution is -0.141. The van der Waals surface area contributed by atoms with Crippen LogP contribution in [0.15, 0.2) is 24.4 Å². The molecule has 0 atom stereocenters. The van der Waals surface area contributed by atoms with Gasteiger partial charge in [0.05, 0.1) is 16.3 Å². The number of halogens is 4. The summed E-state index contributed by atoms with van der Waals surface area (Å²) in [7, 11) is 0. The highest BCUT2D eigenvalue weighted by atomic mass is 35.5. The number of benzene rings is 1. The van der Waals surface area contributed by atoms with Gasteiger partial charge in [0, 0.05) is 11.9 Å². The molecule has 0 aliphatic carbocycles. The Morgan fingerprint density at radius 2 is 2.00 bits per heavy atom. The average molecular weight is 305 g/mol. The van der Waals surface area contributed by atoms with Crippen LogP contribution in [0.5, 0.6) is 0 Å². The number of amides is 1. The maximum absolute atomic E-state index is 12.5. The first kappa shape index (κ1) is 14.2. The maximum atomic E-state index is 12.5. The highest BCUT2D eigenvalue weighted by Gasteiger charge is 2.34. The van der Waals surface area contributed by atoms with Crippen LogP contribution in [0.25, 0.3) is 5.69 Å². The van der Waals surface area contributed by atoms with Crippen molar-refractivity contribution in [3.05, 3.63) is 40.7 Å². The van der Waals surface area contributed by atoms with Gasteiger partial charge in [-0.3, -0.25) is 4.79 Å². The largest absolute Gasteiger partial charge is 0.435 e. The van der Waals surface area contributed by atoms with Gasteiger partial charge in [-0.15, -0.1) is 0 Å². The third kappa shape index (κ3) is 2.55. The lowest BCUT2D eigenvalue weighted by atomic mass is 10.1. The fraction of sp³-hybridized carbons (Fsp3) is 0.0909. The molecule has 0 fully saturated rings. The molecule has 1 aromatic carbocycles. The highest BCUT2D eigenvalue weighted by Crippen LogP contribution is 2.31. The van der Waals surface area contributed by atoms with Crippen molar-refractivity contribution in [3.63, 3.8) is 0 Å². The first-order chi connectivity index (χ1) is 9.20. The number of hydrogen-bond donors (Lipinski definition) is 2. The number of aromatic nitrogens is 2. The van der Waals surface area contributed by atoms with E-state index < -0.39 is 17.8 Å². The number of nitrogens with two attached hydrogens (primary N) is 2. The van der Waals surface area contributed by atoms with Crippen LogP contribution in [-0.4, -0.2) is 15.7 Å². The van der Waals surface area contributed by atoms with Crippen molar-refractivity contribution in [2.75, 3.05) is 5.73 Å². The molecule has 0 saturated heterocycles. The van der Waals surface area contributed by atoms with Gasteiger partial charge in [-0.05, 0) is 18.2 Å². The van der Waals surface area contributed by atoms with Crippen LogP contribution >= 0.6 is 11.6 Å². The van der Waals surface area contributed by atoms with Crippen molar-refractivity contribution >= 4 is 23.2 Å². The van der Waals surface area contributed by atoms with Gasteiger partial charge < -0.3 is 11.5 Å². The number of rotatable bonds is 2. The SMILES string of the molecule is NC(=O)c1cc(N)cc(Cl)c1-n1ccc(C(F)(F)F)n1. The molecule has 0 saturated carbocycles. The van der Waals surface area contributed by atoms with E-state index in [0.29, 0.717) is 0 Å². The van der Waals surface area contributed by atoms with Crippen molar-refractivity contribution < 1.29 is 18.0 Å². The number of anilines is 1. The number of nitrogen functional groups attached to an aromatic ring is 1. The number of primary amides is 1. The summed E-state index contributed by atoms with van der Waals surface area (Å²) < 4.78 is 38.4. The van der Waals surface area contributed by atoms with Gasteiger partial charge in [-0.25, -0.2) is 4.68 Å². The van der Waals surface area contributed by atoms with E-state index in [-0.39, 0.29) is 22.0 Å². The molecular weight excluding hydrogens is 297 g/mol. The quantitative estimate of drug-likeness (QED) is 0.834. The van der Waals surface area contributed by atoms with Crippen LogP contribution in [0, 0.1) is 0 Å². The molecular formula is C11H8ClF3N4O. The molecule has 0 aliphatic heterocycles. The first-order valence-electron chi connectivity index (χ1n) is 5.22. The molecule has 0 aliphatic rings. The minimum Gasteiger partial charge on any atom is -0.399 e. The normalized spacial score (nSPS) is 11.6. The van der Waals surface area contributed by atoms with E-state index >= 15 is 0 Å². The molecule has 1 heterocycles. The second-order valence-electron chi connectivity index (χ2n) is 3.91. The predicted molar refractivity (Wildman–Crippen MR) is 66.5 cm³/mol. The van der Waals surface area contributed by atoms with Gasteiger partial charge >= 0.3 is 6.18 Å². The first-order valence-corrected chi connectivity index (χ1v) is 5.60. The smallest absolute Gasteiger partial charge is 0.399 e. The zero-order chi connectivity index (χ0) is 15.1. The average Bonchev–Trinajstić information content (AvgIpc) is 2.76. The molecule has 4 N–H and O–H groups in total. The Morgan fingerprint density at radius 1 is 1.35 bits per heavy atom. The lowest BCUT2D eigenvalue weighted by Gasteiger charge is -2.10. The molecule has 0 radical (unpaired) electrons. The summed E-state index contributed by atoms with van der Waals surface area (Å²) in [5, 5.41) is 3.31. The summed E-state index contributed by atoms with van der Waals surface area (Å²) in [6.07, 6.45) is -3.56. The number of carbonyl (C=O) groups excluding carboxylic acids is 1. The van der Waals surface area contributed by atoms with Crippen molar-refractivity contribution in [1.82, 2.24) is 9.78 Å². The monoisotopic (exact) mass is 304 g/mol. The van der Waals surface area contributed by atoms with E-state index in [4.69, 9.17) is 23.1 Å². The second-order valence-corrected chi connectivity index (χ2v) is 4.31. The maximum Gasteiger partial charge on any atom is 0.435 e. The zero-order valence-corrected chi connectivity index (χ0v) is 10.5. The molecule has 1 amide bonds. The van der Waals surface area contributed by atoms with E-state index in [1.165, 1.54) is 12.1 Å². The van der Waals surface area contributed by atoms with Crippen molar-refractivity contribution in [3.8, 4) is 5.69 Å². The van der Waals surface area contributed by atoms with Crippen LogP contribution in [-0.2, 0) is 6.18 Å². The van der Waals surface area contributed by atoms with Crippen LogP contribution in [0.1, 0.15) is 16.1 Å². The van der Waals surface area contributed by atoms with Gasteiger partial charge in [0.15, 0.2) is 5.69 Å². The van der Waals surface area contributed by atoms with E-state index in [1.54, 1.807) is 0 Å². The van der Waals surface area contributed by atoms with Crippen LogP contribution in [0.3, 0.4) is 0 Å². The van der Waals surface area contributed by atoms with Gasteiger partial charge in [0.1, 0.15) is 0 Å².